The van der Waals surface area contributed by atoms with Crippen molar-refractivity contribution in [1.82, 2.24) is 9.80 Å². The van der Waals surface area contributed by atoms with Gasteiger partial charge in [-0.2, -0.15) is 11.8 Å². The average Bonchev–Trinajstić information content (AvgIpc) is 3.37. The summed E-state index contributed by atoms with van der Waals surface area (Å²) in [5, 5.41) is 0. The van der Waals surface area contributed by atoms with E-state index in [4.69, 9.17) is 4.74 Å². The third kappa shape index (κ3) is 5.15. The number of piperidine rings is 1. The minimum Gasteiger partial charge on any atom is -0.377 e. The second-order valence-electron chi connectivity index (χ2n) is 8.85. The molecule has 0 spiro atoms. The molecule has 4 heteroatoms. The Hall–Kier alpha value is 0.230. The number of ether oxygens (including phenoxy) is 1. The van der Waals surface area contributed by atoms with E-state index in [9.17, 15) is 0 Å². The van der Waals surface area contributed by atoms with Gasteiger partial charge in [0, 0.05) is 31.8 Å². The average molecular weight is 367 g/mol. The Bertz CT molecular complexity index is 381. The van der Waals surface area contributed by atoms with Gasteiger partial charge in [-0.25, -0.2) is 0 Å². The molecule has 144 valence electrons. The lowest BCUT2D eigenvalue weighted by Crippen LogP contribution is -2.47. The van der Waals surface area contributed by atoms with Gasteiger partial charge in [-0.15, -0.1) is 0 Å². The summed E-state index contributed by atoms with van der Waals surface area (Å²) in [5.74, 6) is 3.66. The van der Waals surface area contributed by atoms with Crippen LogP contribution in [-0.4, -0.2) is 72.3 Å². The number of nitrogens with zero attached hydrogens (tertiary/aromatic N) is 2. The van der Waals surface area contributed by atoms with E-state index in [0.717, 1.165) is 24.6 Å². The van der Waals surface area contributed by atoms with Crippen LogP contribution in [0.15, 0.2) is 0 Å². The SMILES string of the molecule is C1CCC(N2CCC(CN(C[C@H]3CCCO3)C3CCSCC3)CC2)C1. The van der Waals surface area contributed by atoms with Crippen molar-refractivity contribution < 1.29 is 4.74 Å². The number of likely N-dealkylation sites (tertiary alicyclic amines) is 1. The molecule has 0 aromatic rings. The van der Waals surface area contributed by atoms with Crippen LogP contribution in [0, 0.1) is 5.92 Å². The minimum absolute atomic E-state index is 0.521. The standard InChI is InChI=1S/C21H38N2OS/c1-2-5-19(4-1)22-11-7-18(8-12-22)16-23(17-21-6-3-13-24-21)20-9-14-25-15-10-20/h18-21H,1-17H2/t21-/m1/s1. The Morgan fingerprint density at radius 1 is 0.840 bits per heavy atom. The molecule has 0 amide bonds. The topological polar surface area (TPSA) is 15.7 Å². The Kier molecular flexibility index (Phi) is 7.01. The maximum Gasteiger partial charge on any atom is 0.0702 e. The van der Waals surface area contributed by atoms with Crippen molar-refractivity contribution in [1.29, 1.82) is 0 Å². The fraction of sp³-hybridized carbons (Fsp3) is 1.00. The number of hydrogen-bond acceptors (Lipinski definition) is 4. The molecule has 0 aromatic heterocycles. The molecule has 3 nitrogen and oxygen atoms in total. The highest BCUT2D eigenvalue weighted by atomic mass is 32.2. The molecule has 3 aliphatic heterocycles. The Morgan fingerprint density at radius 3 is 2.28 bits per heavy atom. The summed E-state index contributed by atoms with van der Waals surface area (Å²) in [7, 11) is 0. The molecule has 0 unspecified atom stereocenters. The van der Waals surface area contributed by atoms with E-state index < -0.39 is 0 Å². The molecule has 0 bridgehead atoms. The van der Waals surface area contributed by atoms with Crippen LogP contribution in [0.3, 0.4) is 0 Å². The van der Waals surface area contributed by atoms with Gasteiger partial charge in [0.15, 0.2) is 0 Å². The Labute approximate surface area is 159 Å². The quantitative estimate of drug-likeness (QED) is 0.705. The van der Waals surface area contributed by atoms with Crippen LogP contribution in [0.5, 0.6) is 0 Å². The lowest BCUT2D eigenvalue weighted by Gasteiger charge is -2.41. The zero-order chi connectivity index (χ0) is 16.9. The van der Waals surface area contributed by atoms with Crippen LogP contribution < -0.4 is 0 Å². The molecule has 4 aliphatic rings. The predicted molar refractivity (Wildman–Crippen MR) is 107 cm³/mol. The van der Waals surface area contributed by atoms with Gasteiger partial charge in [-0.3, -0.25) is 4.90 Å². The van der Waals surface area contributed by atoms with Crippen molar-refractivity contribution in [2.24, 2.45) is 5.92 Å². The fourth-order valence-corrected chi connectivity index (χ4v) is 6.66. The van der Waals surface area contributed by atoms with Crippen LogP contribution >= 0.6 is 11.8 Å². The van der Waals surface area contributed by atoms with E-state index >= 15 is 0 Å². The first-order chi connectivity index (χ1) is 12.4. The summed E-state index contributed by atoms with van der Waals surface area (Å²) in [6.07, 6.45) is 14.6. The van der Waals surface area contributed by atoms with E-state index in [1.54, 1.807) is 0 Å². The van der Waals surface area contributed by atoms with Gasteiger partial charge in [0.2, 0.25) is 0 Å². The summed E-state index contributed by atoms with van der Waals surface area (Å²) in [4.78, 5) is 5.69. The molecule has 1 aliphatic carbocycles. The van der Waals surface area contributed by atoms with Crippen molar-refractivity contribution in [2.75, 3.05) is 44.3 Å². The van der Waals surface area contributed by atoms with Gasteiger partial charge in [-0.1, -0.05) is 12.8 Å². The van der Waals surface area contributed by atoms with Crippen LogP contribution in [0.4, 0.5) is 0 Å². The van der Waals surface area contributed by atoms with E-state index in [1.807, 2.05) is 0 Å². The molecule has 1 saturated carbocycles. The highest BCUT2D eigenvalue weighted by molar-refractivity contribution is 7.99. The Morgan fingerprint density at radius 2 is 1.60 bits per heavy atom. The number of hydrogen-bond donors (Lipinski definition) is 0. The van der Waals surface area contributed by atoms with Crippen LogP contribution in [0.25, 0.3) is 0 Å². The molecule has 0 aromatic carbocycles. The van der Waals surface area contributed by atoms with Crippen molar-refractivity contribution in [3.05, 3.63) is 0 Å². The molecule has 4 rings (SSSR count). The molecule has 1 atom stereocenters. The summed E-state index contributed by atoms with van der Waals surface area (Å²) in [5.41, 5.74) is 0. The van der Waals surface area contributed by atoms with E-state index in [-0.39, 0.29) is 0 Å². The fourth-order valence-electron chi connectivity index (χ4n) is 5.57. The molecule has 25 heavy (non-hydrogen) atoms. The van der Waals surface area contributed by atoms with E-state index in [1.165, 1.54) is 102 Å². The summed E-state index contributed by atoms with van der Waals surface area (Å²) >= 11 is 2.15. The lowest BCUT2D eigenvalue weighted by atomic mass is 9.93. The number of rotatable bonds is 6. The lowest BCUT2D eigenvalue weighted by molar-refractivity contribution is 0.0368. The summed E-state index contributed by atoms with van der Waals surface area (Å²) in [6, 6.07) is 1.76. The molecular weight excluding hydrogens is 328 g/mol. The second-order valence-corrected chi connectivity index (χ2v) is 10.1. The molecule has 0 radical (unpaired) electrons. The van der Waals surface area contributed by atoms with Gasteiger partial charge in [0.1, 0.15) is 0 Å². The predicted octanol–water partition coefficient (Wildman–Crippen LogP) is 4.02. The van der Waals surface area contributed by atoms with Gasteiger partial charge in [0.05, 0.1) is 6.10 Å². The molecule has 3 saturated heterocycles. The van der Waals surface area contributed by atoms with Gasteiger partial charge < -0.3 is 9.64 Å². The minimum atomic E-state index is 0.521. The Balaban J connectivity index is 1.28. The second kappa shape index (κ2) is 9.43. The van der Waals surface area contributed by atoms with E-state index in [2.05, 4.69) is 21.6 Å². The number of thioether (sulfide) groups is 1. The highest BCUT2D eigenvalue weighted by Crippen LogP contribution is 2.30. The highest BCUT2D eigenvalue weighted by Gasteiger charge is 2.31. The third-order valence-corrected chi connectivity index (χ3v) is 8.20. The van der Waals surface area contributed by atoms with Gasteiger partial charge >= 0.3 is 0 Å². The molecule has 0 N–H and O–H groups in total. The third-order valence-electron chi connectivity index (χ3n) is 7.15. The van der Waals surface area contributed by atoms with Gasteiger partial charge in [0.25, 0.3) is 0 Å². The van der Waals surface area contributed by atoms with Gasteiger partial charge in [-0.05, 0) is 81.9 Å². The first-order valence-electron chi connectivity index (χ1n) is 11.1. The summed E-state index contributed by atoms with van der Waals surface area (Å²) < 4.78 is 5.99. The molecular formula is C21H38N2OS. The molecule has 3 heterocycles. The largest absolute Gasteiger partial charge is 0.377 e. The maximum atomic E-state index is 5.99. The zero-order valence-corrected chi connectivity index (χ0v) is 16.9. The summed E-state index contributed by atoms with van der Waals surface area (Å²) in [6.45, 7) is 6.28. The van der Waals surface area contributed by atoms with Crippen molar-refractivity contribution in [3.63, 3.8) is 0 Å². The van der Waals surface area contributed by atoms with Crippen LogP contribution in [0.2, 0.25) is 0 Å². The first-order valence-corrected chi connectivity index (χ1v) is 12.2. The molecule has 4 fully saturated rings. The van der Waals surface area contributed by atoms with E-state index in [0.29, 0.717) is 6.10 Å². The maximum absolute atomic E-state index is 5.99. The zero-order valence-electron chi connectivity index (χ0n) is 16.0. The van der Waals surface area contributed by atoms with Crippen molar-refractivity contribution >= 4 is 11.8 Å². The smallest absolute Gasteiger partial charge is 0.0702 e. The normalized spacial score (nSPS) is 31.3. The van der Waals surface area contributed by atoms with Crippen LogP contribution in [-0.2, 0) is 4.74 Å². The first kappa shape index (κ1) is 18.6. The van der Waals surface area contributed by atoms with Crippen molar-refractivity contribution in [3.8, 4) is 0 Å². The van der Waals surface area contributed by atoms with Crippen molar-refractivity contribution in [2.45, 2.75) is 82.4 Å². The van der Waals surface area contributed by atoms with Crippen LogP contribution in [0.1, 0.15) is 64.2 Å². The monoisotopic (exact) mass is 366 g/mol.